The molecule has 1 aliphatic rings. The third-order valence-electron chi connectivity index (χ3n) is 2.89. The summed E-state index contributed by atoms with van der Waals surface area (Å²) in [5, 5.41) is 5.32. The van der Waals surface area contributed by atoms with E-state index >= 15 is 0 Å². The van der Waals surface area contributed by atoms with Crippen molar-refractivity contribution >= 4 is 17.2 Å². The van der Waals surface area contributed by atoms with E-state index in [0.717, 1.165) is 37.6 Å². The van der Waals surface area contributed by atoms with Crippen LogP contribution in [0.5, 0.6) is 0 Å². The average Bonchev–Trinajstić information content (AvgIpc) is 2.90. The van der Waals surface area contributed by atoms with Crippen LogP contribution >= 0.6 is 11.3 Å². The Labute approximate surface area is 106 Å². The normalized spacial score (nSPS) is 20.2. The third kappa shape index (κ3) is 3.52. The summed E-state index contributed by atoms with van der Waals surface area (Å²) in [7, 11) is 1.85. The second-order valence-electron chi connectivity index (χ2n) is 4.22. The van der Waals surface area contributed by atoms with Gasteiger partial charge in [-0.25, -0.2) is 0 Å². The van der Waals surface area contributed by atoms with E-state index in [1.54, 1.807) is 4.90 Å². The molecule has 17 heavy (non-hydrogen) atoms. The van der Waals surface area contributed by atoms with Crippen LogP contribution in [0.2, 0.25) is 0 Å². The quantitative estimate of drug-likeness (QED) is 0.878. The Morgan fingerprint density at radius 1 is 1.71 bits per heavy atom. The predicted molar refractivity (Wildman–Crippen MR) is 68.5 cm³/mol. The molecule has 1 aromatic rings. The number of carbonyl (C=O) groups excluding carboxylic acids is 1. The molecule has 1 amide bonds. The smallest absolute Gasteiger partial charge is 0.263 e. The number of hydrogen-bond acceptors (Lipinski definition) is 4. The van der Waals surface area contributed by atoms with E-state index < -0.39 is 0 Å². The van der Waals surface area contributed by atoms with Gasteiger partial charge in [0.1, 0.15) is 0 Å². The molecule has 0 aromatic carbocycles. The summed E-state index contributed by atoms with van der Waals surface area (Å²) in [6.45, 7) is 3.21. The van der Waals surface area contributed by atoms with E-state index in [9.17, 15) is 4.79 Å². The zero-order chi connectivity index (χ0) is 12.1. The molecule has 1 N–H and O–H groups in total. The van der Waals surface area contributed by atoms with Crippen molar-refractivity contribution in [3.8, 4) is 0 Å². The standard InChI is InChI=1S/C12H18N2O2S/c1-14(12(15)11-3-2-8-17-11)6-4-10-9-16-7-5-13-10/h2-3,8,10,13H,4-7,9H2,1H3. The van der Waals surface area contributed by atoms with Crippen LogP contribution in [0.4, 0.5) is 0 Å². The van der Waals surface area contributed by atoms with Crippen LogP contribution in [-0.4, -0.2) is 50.2 Å². The van der Waals surface area contributed by atoms with Gasteiger partial charge in [0.15, 0.2) is 0 Å². The van der Waals surface area contributed by atoms with Gasteiger partial charge >= 0.3 is 0 Å². The number of amides is 1. The molecule has 0 saturated carbocycles. The van der Waals surface area contributed by atoms with Gasteiger partial charge in [0.2, 0.25) is 0 Å². The van der Waals surface area contributed by atoms with Crippen LogP contribution in [0.1, 0.15) is 16.1 Å². The maximum Gasteiger partial charge on any atom is 0.263 e. The molecule has 1 fully saturated rings. The number of ether oxygens (including phenoxy) is 1. The fourth-order valence-electron chi connectivity index (χ4n) is 1.84. The monoisotopic (exact) mass is 254 g/mol. The second kappa shape index (κ2) is 6.14. The number of rotatable bonds is 4. The molecule has 1 saturated heterocycles. The Balaban J connectivity index is 1.76. The molecule has 0 radical (unpaired) electrons. The third-order valence-corrected chi connectivity index (χ3v) is 3.75. The van der Waals surface area contributed by atoms with E-state index in [-0.39, 0.29) is 5.91 Å². The lowest BCUT2D eigenvalue weighted by Gasteiger charge is -2.26. The summed E-state index contributed by atoms with van der Waals surface area (Å²) in [6.07, 6.45) is 0.938. The van der Waals surface area contributed by atoms with Crippen LogP contribution in [-0.2, 0) is 4.74 Å². The van der Waals surface area contributed by atoms with Crippen molar-refractivity contribution in [2.75, 3.05) is 33.4 Å². The van der Waals surface area contributed by atoms with Gasteiger partial charge in [-0.1, -0.05) is 6.07 Å². The number of nitrogens with zero attached hydrogens (tertiary/aromatic N) is 1. The summed E-state index contributed by atoms with van der Waals surface area (Å²) in [6, 6.07) is 4.15. The number of hydrogen-bond donors (Lipinski definition) is 1. The Morgan fingerprint density at radius 2 is 2.59 bits per heavy atom. The number of morpholine rings is 1. The minimum atomic E-state index is 0.108. The molecule has 1 aliphatic heterocycles. The van der Waals surface area contributed by atoms with Crippen molar-refractivity contribution in [1.82, 2.24) is 10.2 Å². The summed E-state index contributed by atoms with van der Waals surface area (Å²) >= 11 is 1.49. The Kier molecular flexibility index (Phi) is 4.53. The minimum Gasteiger partial charge on any atom is -0.379 e. The van der Waals surface area contributed by atoms with Gasteiger partial charge in [-0.05, 0) is 17.9 Å². The molecule has 0 bridgehead atoms. The van der Waals surface area contributed by atoms with Gasteiger partial charge in [0.25, 0.3) is 5.91 Å². The highest BCUT2D eigenvalue weighted by Crippen LogP contribution is 2.11. The van der Waals surface area contributed by atoms with Crippen molar-refractivity contribution < 1.29 is 9.53 Å². The lowest BCUT2D eigenvalue weighted by molar-refractivity contribution is 0.0655. The lowest BCUT2D eigenvalue weighted by Crippen LogP contribution is -2.43. The maximum absolute atomic E-state index is 12.0. The molecule has 94 valence electrons. The number of carbonyl (C=O) groups is 1. The first-order chi connectivity index (χ1) is 8.27. The van der Waals surface area contributed by atoms with Gasteiger partial charge in [0, 0.05) is 26.2 Å². The first-order valence-corrected chi connectivity index (χ1v) is 6.75. The first kappa shape index (κ1) is 12.5. The van der Waals surface area contributed by atoms with Crippen molar-refractivity contribution in [2.45, 2.75) is 12.5 Å². The highest BCUT2D eigenvalue weighted by Gasteiger charge is 2.16. The van der Waals surface area contributed by atoms with Gasteiger partial charge in [-0.2, -0.15) is 0 Å². The Hall–Kier alpha value is -0.910. The molecule has 2 heterocycles. The molecule has 1 atom stereocenters. The largest absolute Gasteiger partial charge is 0.379 e. The van der Waals surface area contributed by atoms with E-state index in [0.29, 0.717) is 6.04 Å². The van der Waals surface area contributed by atoms with Gasteiger partial charge in [-0.3, -0.25) is 4.79 Å². The summed E-state index contributed by atoms with van der Waals surface area (Å²) < 4.78 is 5.38. The topological polar surface area (TPSA) is 41.6 Å². The van der Waals surface area contributed by atoms with Crippen LogP contribution in [0.15, 0.2) is 17.5 Å². The molecule has 1 unspecified atom stereocenters. The molecule has 1 aromatic heterocycles. The molecule has 0 aliphatic carbocycles. The fourth-order valence-corrected chi connectivity index (χ4v) is 2.56. The van der Waals surface area contributed by atoms with Gasteiger partial charge < -0.3 is 15.0 Å². The summed E-state index contributed by atoms with van der Waals surface area (Å²) in [5.74, 6) is 0.108. The summed E-state index contributed by atoms with van der Waals surface area (Å²) in [4.78, 5) is 14.5. The second-order valence-corrected chi connectivity index (χ2v) is 5.17. The van der Waals surface area contributed by atoms with Crippen LogP contribution in [0.25, 0.3) is 0 Å². The van der Waals surface area contributed by atoms with Crippen molar-refractivity contribution in [2.24, 2.45) is 0 Å². The van der Waals surface area contributed by atoms with Gasteiger partial charge in [0.05, 0.1) is 18.1 Å². The summed E-state index contributed by atoms with van der Waals surface area (Å²) in [5.41, 5.74) is 0. The van der Waals surface area contributed by atoms with Crippen molar-refractivity contribution in [1.29, 1.82) is 0 Å². The van der Waals surface area contributed by atoms with E-state index in [4.69, 9.17) is 4.74 Å². The van der Waals surface area contributed by atoms with E-state index in [1.165, 1.54) is 11.3 Å². The zero-order valence-electron chi connectivity index (χ0n) is 10.0. The molecule has 2 rings (SSSR count). The molecule has 0 spiro atoms. The molecule has 4 nitrogen and oxygen atoms in total. The average molecular weight is 254 g/mol. The van der Waals surface area contributed by atoms with Crippen molar-refractivity contribution in [3.05, 3.63) is 22.4 Å². The van der Waals surface area contributed by atoms with Crippen LogP contribution in [0.3, 0.4) is 0 Å². The first-order valence-electron chi connectivity index (χ1n) is 5.87. The lowest BCUT2D eigenvalue weighted by atomic mass is 10.2. The minimum absolute atomic E-state index is 0.108. The van der Waals surface area contributed by atoms with Crippen LogP contribution < -0.4 is 5.32 Å². The maximum atomic E-state index is 12.0. The molecular formula is C12H18N2O2S. The van der Waals surface area contributed by atoms with Crippen molar-refractivity contribution in [3.63, 3.8) is 0 Å². The highest BCUT2D eigenvalue weighted by atomic mass is 32.1. The SMILES string of the molecule is CN(CCC1COCCN1)C(=O)c1cccs1. The highest BCUT2D eigenvalue weighted by molar-refractivity contribution is 7.12. The Morgan fingerprint density at radius 3 is 3.24 bits per heavy atom. The van der Waals surface area contributed by atoms with E-state index in [1.807, 2.05) is 24.6 Å². The number of thiophene rings is 1. The van der Waals surface area contributed by atoms with Crippen LogP contribution in [0, 0.1) is 0 Å². The fraction of sp³-hybridized carbons (Fsp3) is 0.583. The van der Waals surface area contributed by atoms with E-state index in [2.05, 4.69) is 5.32 Å². The predicted octanol–water partition coefficient (Wildman–Crippen LogP) is 1.20. The zero-order valence-corrected chi connectivity index (χ0v) is 10.8. The number of nitrogens with one attached hydrogen (secondary N) is 1. The van der Waals surface area contributed by atoms with Gasteiger partial charge in [-0.15, -0.1) is 11.3 Å². The molecular weight excluding hydrogens is 236 g/mol. The molecule has 5 heteroatoms. The Bertz CT molecular complexity index is 347.